The highest BCUT2D eigenvalue weighted by Crippen LogP contribution is 2.17. The predicted molar refractivity (Wildman–Crippen MR) is 81.0 cm³/mol. The number of nitrogens with one attached hydrogen (secondary N) is 1. The molecule has 0 radical (unpaired) electrons. The summed E-state index contributed by atoms with van der Waals surface area (Å²) in [7, 11) is 0. The summed E-state index contributed by atoms with van der Waals surface area (Å²) < 4.78 is 2.14. The Hall–Kier alpha value is -1.91. The molecule has 2 aromatic rings. The number of nitrogens with zero attached hydrogens (tertiary/aromatic N) is 4. The summed E-state index contributed by atoms with van der Waals surface area (Å²) >= 11 is 0. The minimum atomic E-state index is 0.709. The Balaban J connectivity index is 2.31. The molecular weight excluding hydrogens is 250 g/mol. The molecule has 5 heteroatoms. The number of imidazole rings is 1. The number of rotatable bonds is 6. The van der Waals surface area contributed by atoms with Crippen LogP contribution in [0.5, 0.6) is 0 Å². The second kappa shape index (κ2) is 6.50. The van der Waals surface area contributed by atoms with E-state index in [1.54, 1.807) is 0 Å². The van der Waals surface area contributed by atoms with E-state index in [1.165, 1.54) is 0 Å². The van der Waals surface area contributed by atoms with Crippen molar-refractivity contribution in [2.24, 2.45) is 0 Å². The second-order valence-corrected chi connectivity index (χ2v) is 4.92. The van der Waals surface area contributed by atoms with Crippen molar-refractivity contribution in [1.29, 1.82) is 0 Å². The lowest BCUT2D eigenvalue weighted by Gasteiger charge is -2.12. The first-order valence-electron chi connectivity index (χ1n) is 7.23. The molecule has 108 valence electrons. The van der Waals surface area contributed by atoms with Crippen LogP contribution in [0.2, 0.25) is 0 Å². The maximum absolute atomic E-state index is 4.70. The summed E-state index contributed by atoms with van der Waals surface area (Å²) in [5.41, 5.74) is 2.94. The van der Waals surface area contributed by atoms with Gasteiger partial charge in [-0.3, -0.25) is 4.98 Å². The third-order valence-electron chi connectivity index (χ3n) is 3.39. The van der Waals surface area contributed by atoms with Crippen LogP contribution in [0, 0.1) is 13.8 Å². The van der Waals surface area contributed by atoms with E-state index in [2.05, 4.69) is 33.7 Å². The van der Waals surface area contributed by atoms with Crippen LogP contribution >= 0.6 is 0 Å². The van der Waals surface area contributed by atoms with Crippen LogP contribution in [0.15, 0.2) is 12.4 Å². The van der Waals surface area contributed by atoms with Crippen molar-refractivity contribution < 1.29 is 0 Å². The predicted octanol–water partition coefficient (Wildman–Crippen LogP) is 2.72. The molecule has 0 spiro atoms. The quantitative estimate of drug-likeness (QED) is 0.879. The molecule has 0 aliphatic heterocycles. The van der Waals surface area contributed by atoms with Gasteiger partial charge in [0.15, 0.2) is 0 Å². The van der Waals surface area contributed by atoms with E-state index < -0.39 is 0 Å². The Morgan fingerprint density at radius 2 is 1.90 bits per heavy atom. The van der Waals surface area contributed by atoms with Crippen molar-refractivity contribution in [2.45, 2.75) is 47.1 Å². The van der Waals surface area contributed by atoms with Gasteiger partial charge in [0.1, 0.15) is 11.6 Å². The van der Waals surface area contributed by atoms with E-state index in [1.807, 2.05) is 26.2 Å². The van der Waals surface area contributed by atoms with Crippen molar-refractivity contribution in [2.75, 3.05) is 11.9 Å². The minimum Gasteiger partial charge on any atom is -0.369 e. The highest BCUT2D eigenvalue weighted by molar-refractivity contribution is 5.43. The van der Waals surface area contributed by atoms with Crippen LogP contribution in [-0.4, -0.2) is 26.1 Å². The molecule has 0 aliphatic rings. The number of aryl methyl sites for hydroxylation is 3. The van der Waals surface area contributed by atoms with E-state index in [-0.39, 0.29) is 0 Å². The average Bonchev–Trinajstić information content (AvgIpc) is 2.88. The molecule has 0 bridgehead atoms. The fraction of sp³-hybridized carbons (Fsp3) is 0.533. The molecule has 0 amide bonds. The second-order valence-electron chi connectivity index (χ2n) is 4.92. The van der Waals surface area contributed by atoms with Gasteiger partial charge in [-0.25, -0.2) is 9.97 Å². The summed E-state index contributed by atoms with van der Waals surface area (Å²) in [4.78, 5) is 13.8. The van der Waals surface area contributed by atoms with E-state index in [9.17, 15) is 0 Å². The highest BCUT2D eigenvalue weighted by atomic mass is 15.1. The van der Waals surface area contributed by atoms with Gasteiger partial charge in [-0.15, -0.1) is 0 Å². The van der Waals surface area contributed by atoms with Gasteiger partial charge in [-0.2, -0.15) is 0 Å². The van der Waals surface area contributed by atoms with Crippen molar-refractivity contribution in [3.63, 3.8) is 0 Å². The van der Waals surface area contributed by atoms with Crippen LogP contribution < -0.4 is 5.32 Å². The molecule has 0 saturated carbocycles. The molecule has 0 aromatic carbocycles. The molecule has 5 nitrogen and oxygen atoms in total. The summed E-state index contributed by atoms with van der Waals surface area (Å²) in [6.07, 6.45) is 5.62. The minimum absolute atomic E-state index is 0.709. The van der Waals surface area contributed by atoms with Gasteiger partial charge in [-0.1, -0.05) is 6.92 Å². The third-order valence-corrected chi connectivity index (χ3v) is 3.39. The van der Waals surface area contributed by atoms with Gasteiger partial charge in [-0.05, 0) is 27.2 Å². The molecule has 0 atom stereocenters. The summed E-state index contributed by atoms with van der Waals surface area (Å²) in [5.74, 6) is 1.92. The lowest BCUT2D eigenvalue weighted by molar-refractivity contribution is 0.706. The normalized spacial score (nSPS) is 10.8. The van der Waals surface area contributed by atoms with E-state index >= 15 is 0 Å². The number of anilines is 1. The lowest BCUT2D eigenvalue weighted by Crippen LogP contribution is -2.12. The van der Waals surface area contributed by atoms with Crippen molar-refractivity contribution in [1.82, 2.24) is 19.5 Å². The molecule has 2 rings (SSSR count). The van der Waals surface area contributed by atoms with Gasteiger partial charge in [0.2, 0.25) is 0 Å². The maximum Gasteiger partial charge on any atom is 0.148 e. The van der Waals surface area contributed by atoms with E-state index in [0.717, 1.165) is 48.2 Å². The molecule has 2 heterocycles. The Bertz CT molecular complexity index is 574. The third kappa shape index (κ3) is 3.15. The monoisotopic (exact) mass is 273 g/mol. The van der Waals surface area contributed by atoms with E-state index in [4.69, 9.17) is 4.98 Å². The van der Waals surface area contributed by atoms with Crippen LogP contribution in [0.4, 0.5) is 5.82 Å². The molecule has 0 fully saturated rings. The fourth-order valence-corrected chi connectivity index (χ4v) is 2.10. The largest absolute Gasteiger partial charge is 0.369 e. The highest BCUT2D eigenvalue weighted by Gasteiger charge is 2.12. The zero-order chi connectivity index (χ0) is 14.5. The number of aromatic nitrogens is 4. The van der Waals surface area contributed by atoms with Crippen molar-refractivity contribution >= 4 is 5.82 Å². The van der Waals surface area contributed by atoms with Gasteiger partial charge < -0.3 is 9.88 Å². The van der Waals surface area contributed by atoms with Gasteiger partial charge in [0.05, 0.1) is 23.5 Å². The maximum atomic E-state index is 4.70. The Morgan fingerprint density at radius 1 is 1.15 bits per heavy atom. The zero-order valence-corrected chi connectivity index (χ0v) is 12.8. The first-order valence-corrected chi connectivity index (χ1v) is 7.23. The van der Waals surface area contributed by atoms with Crippen molar-refractivity contribution in [3.8, 4) is 0 Å². The van der Waals surface area contributed by atoms with Gasteiger partial charge >= 0.3 is 0 Å². The topological polar surface area (TPSA) is 55.6 Å². The molecule has 20 heavy (non-hydrogen) atoms. The van der Waals surface area contributed by atoms with Crippen LogP contribution in [0.3, 0.4) is 0 Å². The molecule has 0 saturated heterocycles. The van der Waals surface area contributed by atoms with Crippen LogP contribution in [-0.2, 0) is 13.0 Å². The molecule has 0 unspecified atom stereocenters. The van der Waals surface area contributed by atoms with Gasteiger partial charge in [0.25, 0.3) is 0 Å². The molecule has 1 N–H and O–H groups in total. The van der Waals surface area contributed by atoms with Crippen LogP contribution in [0.1, 0.15) is 43.2 Å². The zero-order valence-electron chi connectivity index (χ0n) is 12.8. The molecule has 2 aromatic heterocycles. The molecular formula is C15H23N5. The Morgan fingerprint density at radius 3 is 2.60 bits per heavy atom. The molecule has 0 aliphatic carbocycles. The van der Waals surface area contributed by atoms with E-state index in [0.29, 0.717) is 6.42 Å². The summed E-state index contributed by atoms with van der Waals surface area (Å²) in [5, 5.41) is 3.37. The van der Waals surface area contributed by atoms with Gasteiger partial charge in [0, 0.05) is 25.5 Å². The first kappa shape index (κ1) is 14.5. The SMILES string of the molecule is CCCNc1nc(C)c(C)nc1Cc1nccn1CC. The summed E-state index contributed by atoms with van der Waals surface area (Å²) in [6.45, 7) is 10.1. The van der Waals surface area contributed by atoms with Crippen molar-refractivity contribution in [3.05, 3.63) is 35.3 Å². The Labute approximate surface area is 120 Å². The lowest BCUT2D eigenvalue weighted by atomic mass is 10.2. The standard InChI is InChI=1S/C15H23N5/c1-5-7-17-15-13(18-11(3)12(4)19-15)10-14-16-8-9-20(14)6-2/h8-9H,5-7,10H2,1-4H3,(H,17,19). The summed E-state index contributed by atoms with van der Waals surface area (Å²) in [6, 6.07) is 0. The number of hydrogen-bond donors (Lipinski definition) is 1. The Kier molecular flexibility index (Phi) is 4.71. The average molecular weight is 273 g/mol. The number of hydrogen-bond acceptors (Lipinski definition) is 4. The van der Waals surface area contributed by atoms with Crippen LogP contribution in [0.25, 0.3) is 0 Å². The fourth-order valence-electron chi connectivity index (χ4n) is 2.10. The first-order chi connectivity index (χ1) is 9.65. The smallest absolute Gasteiger partial charge is 0.148 e.